The normalized spacial score (nSPS) is 16.1. The Bertz CT molecular complexity index is 1270. The molecule has 36 heavy (non-hydrogen) atoms. The molecule has 1 aromatic heterocycles. The van der Waals surface area contributed by atoms with Gasteiger partial charge in [-0.15, -0.1) is 0 Å². The highest BCUT2D eigenvalue weighted by atomic mass is 16.5. The zero-order valence-corrected chi connectivity index (χ0v) is 20.2. The van der Waals surface area contributed by atoms with E-state index in [0.717, 1.165) is 28.4 Å². The van der Waals surface area contributed by atoms with Crippen LogP contribution in [0.5, 0.6) is 5.75 Å². The van der Waals surface area contributed by atoms with Crippen molar-refractivity contribution in [3.63, 3.8) is 0 Å². The van der Waals surface area contributed by atoms with Crippen LogP contribution in [0.3, 0.4) is 0 Å². The zero-order valence-electron chi connectivity index (χ0n) is 20.2. The van der Waals surface area contributed by atoms with Crippen molar-refractivity contribution < 1.29 is 19.1 Å². The first-order chi connectivity index (χ1) is 17.4. The lowest BCUT2D eigenvalue weighted by molar-refractivity contribution is -0.123. The lowest BCUT2D eigenvalue weighted by atomic mass is 9.96. The van der Waals surface area contributed by atoms with E-state index in [1.165, 1.54) is 0 Å². The number of nitrogens with zero attached hydrogens (tertiary/aromatic N) is 4. The number of hydrogen-bond donors (Lipinski definition) is 1. The van der Waals surface area contributed by atoms with Crippen molar-refractivity contribution in [2.24, 2.45) is 11.7 Å². The molecule has 1 fully saturated rings. The Kier molecular flexibility index (Phi) is 6.45. The van der Waals surface area contributed by atoms with E-state index >= 15 is 0 Å². The average molecular weight is 488 g/mol. The number of carbonyl (C=O) groups excluding carboxylic acids is 3. The van der Waals surface area contributed by atoms with Crippen molar-refractivity contribution in [3.8, 4) is 17.0 Å². The van der Waals surface area contributed by atoms with Crippen molar-refractivity contribution in [3.05, 3.63) is 65.7 Å². The summed E-state index contributed by atoms with van der Waals surface area (Å²) in [5.41, 5.74) is 8.66. The van der Waals surface area contributed by atoms with Gasteiger partial charge in [0.2, 0.25) is 11.8 Å². The molecular formula is C27H29N5O4. The van der Waals surface area contributed by atoms with Gasteiger partial charge in [-0.1, -0.05) is 12.1 Å². The Morgan fingerprint density at radius 2 is 1.72 bits per heavy atom. The fourth-order valence-corrected chi connectivity index (χ4v) is 4.81. The number of piperidine rings is 1. The third-order valence-electron chi connectivity index (χ3n) is 6.99. The van der Waals surface area contributed by atoms with Crippen LogP contribution in [-0.4, -0.2) is 52.6 Å². The first-order valence-corrected chi connectivity index (χ1v) is 12.1. The highest BCUT2D eigenvalue weighted by Crippen LogP contribution is 2.30. The molecule has 0 aliphatic carbocycles. The van der Waals surface area contributed by atoms with Crippen molar-refractivity contribution >= 4 is 23.5 Å². The predicted octanol–water partition coefficient (Wildman–Crippen LogP) is 2.83. The summed E-state index contributed by atoms with van der Waals surface area (Å²) in [6.07, 6.45) is 1.58. The monoisotopic (exact) mass is 487 g/mol. The van der Waals surface area contributed by atoms with Crippen LogP contribution in [0.4, 0.5) is 5.82 Å². The van der Waals surface area contributed by atoms with Gasteiger partial charge in [0.15, 0.2) is 0 Å². The van der Waals surface area contributed by atoms with E-state index in [4.69, 9.17) is 15.6 Å². The number of amides is 3. The van der Waals surface area contributed by atoms with Gasteiger partial charge in [0.25, 0.3) is 5.91 Å². The molecule has 0 unspecified atom stereocenters. The van der Waals surface area contributed by atoms with Crippen molar-refractivity contribution in [1.29, 1.82) is 0 Å². The molecule has 9 heteroatoms. The maximum absolute atomic E-state index is 12.9. The number of methoxy groups -OCH3 is 1. The molecule has 186 valence electrons. The van der Waals surface area contributed by atoms with Crippen molar-refractivity contribution in [2.45, 2.75) is 32.4 Å². The van der Waals surface area contributed by atoms with E-state index in [-0.39, 0.29) is 23.6 Å². The number of rotatable bonds is 6. The van der Waals surface area contributed by atoms with Crippen LogP contribution in [0.15, 0.2) is 54.6 Å². The van der Waals surface area contributed by atoms with Crippen LogP contribution in [0.25, 0.3) is 11.3 Å². The number of nitrogens with two attached hydrogens (primary N) is 1. The van der Waals surface area contributed by atoms with Gasteiger partial charge in [-0.3, -0.25) is 19.3 Å². The Hall–Kier alpha value is -4.14. The van der Waals surface area contributed by atoms with Crippen LogP contribution < -0.4 is 15.4 Å². The molecule has 0 spiro atoms. The second-order valence-corrected chi connectivity index (χ2v) is 9.24. The second kappa shape index (κ2) is 9.85. The third-order valence-corrected chi connectivity index (χ3v) is 6.99. The summed E-state index contributed by atoms with van der Waals surface area (Å²) in [4.78, 5) is 40.6. The molecule has 9 nitrogen and oxygen atoms in total. The van der Waals surface area contributed by atoms with E-state index < -0.39 is 0 Å². The highest BCUT2D eigenvalue weighted by molar-refractivity contribution is 5.95. The summed E-state index contributed by atoms with van der Waals surface area (Å²) in [5.74, 6) is 1.07. The number of carbonyl (C=O) groups is 3. The topological polar surface area (TPSA) is 111 Å². The standard InChI is InChI=1S/C27H29N5O4/c1-36-22-8-6-19(7-9-22)23-16-24-31(25(33)12-15-32(24)29-23)17-18-2-4-21(5-3-18)27(35)30-13-10-20(11-14-30)26(28)34/h2-9,16,20H,10-15,17H2,1H3,(H2,28,34). The van der Waals surface area contributed by atoms with E-state index in [1.54, 1.807) is 29.0 Å². The molecule has 0 bridgehead atoms. The molecule has 2 aliphatic heterocycles. The van der Waals surface area contributed by atoms with Crippen LogP contribution in [0.1, 0.15) is 35.2 Å². The number of fused-ring (bicyclic) bond motifs is 1. The molecule has 2 aliphatic rings. The Morgan fingerprint density at radius 3 is 2.36 bits per heavy atom. The number of aromatic nitrogens is 2. The maximum atomic E-state index is 12.9. The summed E-state index contributed by atoms with van der Waals surface area (Å²) in [6, 6.07) is 17.0. The van der Waals surface area contributed by atoms with Crippen LogP contribution in [0.2, 0.25) is 0 Å². The quantitative estimate of drug-likeness (QED) is 0.575. The van der Waals surface area contributed by atoms with Gasteiger partial charge < -0.3 is 15.4 Å². The zero-order chi connectivity index (χ0) is 25.2. The number of hydrogen-bond acceptors (Lipinski definition) is 5. The molecule has 3 amide bonds. The van der Waals surface area contributed by atoms with Crippen LogP contribution in [-0.2, 0) is 22.7 Å². The largest absolute Gasteiger partial charge is 0.497 e. The van der Waals surface area contributed by atoms with Gasteiger partial charge in [-0.25, -0.2) is 4.68 Å². The number of aryl methyl sites for hydroxylation is 1. The minimum atomic E-state index is -0.295. The number of likely N-dealkylation sites (tertiary alicyclic amines) is 1. The first-order valence-electron chi connectivity index (χ1n) is 12.1. The Balaban J connectivity index is 1.29. The SMILES string of the molecule is COc1ccc(-c2cc3n(n2)CCC(=O)N3Cc2ccc(C(=O)N3CCC(C(N)=O)CC3)cc2)cc1. The number of primary amides is 1. The predicted molar refractivity (Wildman–Crippen MR) is 134 cm³/mol. The molecular weight excluding hydrogens is 458 g/mol. The van der Waals surface area contributed by atoms with Gasteiger partial charge in [0.1, 0.15) is 11.6 Å². The summed E-state index contributed by atoms with van der Waals surface area (Å²) < 4.78 is 7.10. The summed E-state index contributed by atoms with van der Waals surface area (Å²) in [6.45, 7) is 1.99. The van der Waals surface area contributed by atoms with Crippen LogP contribution >= 0.6 is 0 Å². The molecule has 5 rings (SSSR count). The maximum Gasteiger partial charge on any atom is 0.253 e. The molecule has 0 radical (unpaired) electrons. The van der Waals surface area contributed by atoms with Gasteiger partial charge in [-0.2, -0.15) is 5.10 Å². The van der Waals surface area contributed by atoms with Crippen molar-refractivity contribution in [2.75, 3.05) is 25.1 Å². The lowest BCUT2D eigenvalue weighted by Crippen LogP contribution is -2.41. The van der Waals surface area contributed by atoms with Gasteiger partial charge >= 0.3 is 0 Å². The van der Waals surface area contributed by atoms with E-state index in [9.17, 15) is 14.4 Å². The fourth-order valence-electron chi connectivity index (χ4n) is 4.81. The molecule has 2 aromatic carbocycles. The Morgan fingerprint density at radius 1 is 1.03 bits per heavy atom. The van der Waals surface area contributed by atoms with E-state index in [0.29, 0.717) is 51.0 Å². The fraction of sp³-hybridized carbons (Fsp3) is 0.333. The molecule has 2 N–H and O–H groups in total. The third kappa shape index (κ3) is 4.68. The Labute approximate surface area is 209 Å². The van der Waals surface area contributed by atoms with E-state index in [2.05, 4.69) is 0 Å². The van der Waals surface area contributed by atoms with E-state index in [1.807, 2.05) is 47.1 Å². The number of anilines is 1. The van der Waals surface area contributed by atoms with Gasteiger partial charge in [0, 0.05) is 42.6 Å². The summed E-state index contributed by atoms with van der Waals surface area (Å²) in [7, 11) is 1.63. The summed E-state index contributed by atoms with van der Waals surface area (Å²) >= 11 is 0. The molecule has 0 saturated carbocycles. The number of ether oxygens (including phenoxy) is 1. The molecule has 3 heterocycles. The first kappa shape index (κ1) is 23.6. The minimum absolute atomic E-state index is 0.0427. The molecule has 0 atom stereocenters. The minimum Gasteiger partial charge on any atom is -0.497 e. The molecule has 1 saturated heterocycles. The summed E-state index contributed by atoms with van der Waals surface area (Å²) in [5, 5.41) is 4.71. The second-order valence-electron chi connectivity index (χ2n) is 9.24. The van der Waals surface area contributed by atoms with Crippen LogP contribution in [0, 0.1) is 5.92 Å². The lowest BCUT2D eigenvalue weighted by Gasteiger charge is -2.30. The molecule has 3 aromatic rings. The van der Waals surface area contributed by atoms with Crippen molar-refractivity contribution in [1.82, 2.24) is 14.7 Å². The van der Waals surface area contributed by atoms with Gasteiger partial charge in [-0.05, 0) is 54.8 Å². The highest BCUT2D eigenvalue weighted by Gasteiger charge is 2.28. The smallest absolute Gasteiger partial charge is 0.253 e. The number of benzene rings is 2. The average Bonchev–Trinajstić information content (AvgIpc) is 3.35. The van der Waals surface area contributed by atoms with Gasteiger partial charge in [0.05, 0.1) is 25.9 Å².